The summed E-state index contributed by atoms with van der Waals surface area (Å²) in [6.45, 7) is 7.57. The molecule has 1 aliphatic rings. The summed E-state index contributed by atoms with van der Waals surface area (Å²) in [5.41, 5.74) is 3.53. The molecule has 1 saturated heterocycles. The van der Waals surface area contributed by atoms with Crippen LogP contribution in [-0.2, 0) is 16.0 Å². The second-order valence-corrected chi connectivity index (χ2v) is 7.13. The monoisotopic (exact) mass is 420 g/mol. The standard InChI is InChI=1S/C24H24N2O5/c1-6-7-17-11-16(13-20(30-4)21(17)31-5)12-19-22(27)25-24(29)26(23(19)28)18-9-8-14(2)15(3)10-18/h6,8-13H,1,7H2,2-5H3,(H,25,27,29)/b19-12+. The fourth-order valence-corrected chi connectivity index (χ4v) is 3.38. The molecule has 7 heteroatoms. The first kappa shape index (κ1) is 21.8. The van der Waals surface area contributed by atoms with Crippen LogP contribution in [0.4, 0.5) is 10.5 Å². The number of methoxy groups -OCH3 is 2. The highest BCUT2D eigenvalue weighted by atomic mass is 16.5. The zero-order valence-electron chi connectivity index (χ0n) is 17.9. The molecule has 7 nitrogen and oxygen atoms in total. The van der Waals surface area contributed by atoms with Gasteiger partial charge in [0.1, 0.15) is 5.57 Å². The highest BCUT2D eigenvalue weighted by molar-refractivity contribution is 6.39. The first-order chi connectivity index (χ1) is 14.8. The van der Waals surface area contributed by atoms with Crippen molar-refractivity contribution in [2.24, 2.45) is 0 Å². The van der Waals surface area contributed by atoms with Gasteiger partial charge in [-0.15, -0.1) is 6.58 Å². The number of nitrogens with zero attached hydrogens (tertiary/aromatic N) is 1. The minimum absolute atomic E-state index is 0.158. The maximum atomic E-state index is 13.1. The number of hydrogen-bond donors (Lipinski definition) is 1. The van der Waals surface area contributed by atoms with E-state index in [1.807, 2.05) is 19.9 Å². The molecule has 0 atom stereocenters. The van der Waals surface area contributed by atoms with Gasteiger partial charge in [-0.05, 0) is 67.3 Å². The molecule has 1 fully saturated rings. The van der Waals surface area contributed by atoms with Gasteiger partial charge in [-0.1, -0.05) is 12.1 Å². The molecule has 3 rings (SSSR count). The van der Waals surface area contributed by atoms with Crippen molar-refractivity contribution >= 4 is 29.6 Å². The van der Waals surface area contributed by atoms with E-state index in [0.717, 1.165) is 21.6 Å². The second kappa shape index (κ2) is 8.87. The Hall–Kier alpha value is -3.87. The van der Waals surface area contributed by atoms with Crippen LogP contribution in [0.15, 0.2) is 48.6 Å². The number of rotatable bonds is 6. The molecule has 1 N–H and O–H groups in total. The van der Waals surface area contributed by atoms with Crippen LogP contribution in [0.1, 0.15) is 22.3 Å². The molecule has 0 saturated carbocycles. The van der Waals surface area contributed by atoms with E-state index < -0.39 is 17.8 Å². The lowest BCUT2D eigenvalue weighted by molar-refractivity contribution is -0.122. The van der Waals surface area contributed by atoms with E-state index in [0.29, 0.717) is 29.2 Å². The van der Waals surface area contributed by atoms with Crippen LogP contribution in [-0.4, -0.2) is 32.1 Å². The molecule has 31 heavy (non-hydrogen) atoms. The third-order valence-corrected chi connectivity index (χ3v) is 5.10. The summed E-state index contributed by atoms with van der Waals surface area (Å²) in [6, 6.07) is 7.89. The Labute approximate surface area is 181 Å². The Morgan fingerprint density at radius 3 is 2.39 bits per heavy atom. The van der Waals surface area contributed by atoms with E-state index in [1.165, 1.54) is 20.3 Å². The van der Waals surface area contributed by atoms with Crippen molar-refractivity contribution in [3.63, 3.8) is 0 Å². The smallest absolute Gasteiger partial charge is 0.335 e. The summed E-state index contributed by atoms with van der Waals surface area (Å²) < 4.78 is 10.8. The van der Waals surface area contributed by atoms with Gasteiger partial charge in [-0.25, -0.2) is 9.69 Å². The Morgan fingerprint density at radius 1 is 1.03 bits per heavy atom. The summed E-state index contributed by atoms with van der Waals surface area (Å²) in [5, 5.41) is 2.24. The van der Waals surface area contributed by atoms with Crippen LogP contribution < -0.4 is 19.7 Å². The van der Waals surface area contributed by atoms with Crippen LogP contribution >= 0.6 is 0 Å². The van der Waals surface area contributed by atoms with Crippen LogP contribution in [0.2, 0.25) is 0 Å². The van der Waals surface area contributed by atoms with Crippen molar-refractivity contribution in [3.8, 4) is 11.5 Å². The molecule has 0 bridgehead atoms. The molecule has 0 aliphatic carbocycles. The van der Waals surface area contributed by atoms with Gasteiger partial charge in [0.2, 0.25) is 0 Å². The number of hydrogen-bond acceptors (Lipinski definition) is 5. The molecule has 1 aliphatic heterocycles. The first-order valence-corrected chi connectivity index (χ1v) is 9.65. The van der Waals surface area contributed by atoms with Crippen LogP contribution in [0.5, 0.6) is 11.5 Å². The average molecular weight is 420 g/mol. The van der Waals surface area contributed by atoms with E-state index in [4.69, 9.17) is 9.47 Å². The lowest BCUT2D eigenvalue weighted by atomic mass is 10.0. The number of carbonyl (C=O) groups excluding carboxylic acids is 3. The Kier molecular flexibility index (Phi) is 6.25. The SMILES string of the molecule is C=CCc1cc(/C=C2\C(=O)NC(=O)N(c3ccc(C)c(C)c3)C2=O)cc(OC)c1OC. The lowest BCUT2D eigenvalue weighted by Crippen LogP contribution is -2.54. The normalized spacial score (nSPS) is 15.2. The summed E-state index contributed by atoms with van der Waals surface area (Å²) in [4.78, 5) is 39.0. The highest BCUT2D eigenvalue weighted by Gasteiger charge is 2.37. The Balaban J connectivity index is 2.08. The van der Waals surface area contributed by atoms with Gasteiger partial charge in [0.15, 0.2) is 11.5 Å². The molecule has 2 aromatic rings. The van der Waals surface area contributed by atoms with Gasteiger partial charge in [-0.2, -0.15) is 0 Å². The first-order valence-electron chi connectivity index (χ1n) is 9.65. The Bertz CT molecular complexity index is 1120. The van der Waals surface area contributed by atoms with E-state index in [9.17, 15) is 14.4 Å². The van der Waals surface area contributed by atoms with Gasteiger partial charge >= 0.3 is 6.03 Å². The molecular formula is C24H24N2O5. The second-order valence-electron chi connectivity index (χ2n) is 7.13. The third-order valence-electron chi connectivity index (χ3n) is 5.10. The number of benzene rings is 2. The molecule has 160 valence electrons. The highest BCUT2D eigenvalue weighted by Crippen LogP contribution is 2.34. The van der Waals surface area contributed by atoms with E-state index in [2.05, 4.69) is 11.9 Å². The van der Waals surface area contributed by atoms with Crippen molar-refractivity contribution in [2.45, 2.75) is 20.3 Å². The van der Waals surface area contributed by atoms with E-state index >= 15 is 0 Å². The minimum Gasteiger partial charge on any atom is -0.493 e. The van der Waals surface area contributed by atoms with Crippen molar-refractivity contribution in [2.75, 3.05) is 19.1 Å². The number of aryl methyl sites for hydroxylation is 2. The lowest BCUT2D eigenvalue weighted by Gasteiger charge is -2.27. The number of imide groups is 2. The number of amides is 4. The summed E-state index contributed by atoms with van der Waals surface area (Å²) in [6.07, 6.45) is 3.66. The van der Waals surface area contributed by atoms with Crippen LogP contribution in [0.25, 0.3) is 6.08 Å². The molecule has 0 radical (unpaired) electrons. The number of barbiturate groups is 1. The van der Waals surface area contributed by atoms with E-state index in [1.54, 1.807) is 30.3 Å². The van der Waals surface area contributed by atoms with Gasteiger partial charge in [0, 0.05) is 5.56 Å². The quantitative estimate of drug-likeness (QED) is 0.437. The third kappa shape index (κ3) is 4.21. The van der Waals surface area contributed by atoms with Crippen molar-refractivity contribution in [3.05, 3.63) is 70.8 Å². The molecule has 0 unspecified atom stereocenters. The number of ether oxygens (including phenoxy) is 2. The predicted molar refractivity (Wildman–Crippen MR) is 118 cm³/mol. The molecule has 4 amide bonds. The molecular weight excluding hydrogens is 396 g/mol. The minimum atomic E-state index is -0.782. The maximum Gasteiger partial charge on any atom is 0.335 e. The van der Waals surface area contributed by atoms with Crippen molar-refractivity contribution in [1.29, 1.82) is 0 Å². The van der Waals surface area contributed by atoms with Gasteiger partial charge < -0.3 is 9.47 Å². The number of urea groups is 1. The van der Waals surface area contributed by atoms with E-state index in [-0.39, 0.29) is 5.57 Å². The van der Waals surface area contributed by atoms with Crippen LogP contribution in [0, 0.1) is 13.8 Å². The fraction of sp³-hybridized carbons (Fsp3) is 0.208. The van der Waals surface area contributed by atoms with Gasteiger partial charge in [0.05, 0.1) is 19.9 Å². The molecule has 0 aromatic heterocycles. The average Bonchev–Trinajstić information content (AvgIpc) is 2.73. The van der Waals surface area contributed by atoms with Gasteiger partial charge in [-0.3, -0.25) is 14.9 Å². The number of allylic oxidation sites excluding steroid dienone is 1. The summed E-state index contributed by atoms with van der Waals surface area (Å²) in [5.74, 6) is -0.442. The predicted octanol–water partition coefficient (Wildman–Crippen LogP) is 3.72. The van der Waals surface area contributed by atoms with Crippen molar-refractivity contribution in [1.82, 2.24) is 5.32 Å². The number of carbonyl (C=O) groups is 3. The largest absolute Gasteiger partial charge is 0.493 e. The molecule has 1 heterocycles. The zero-order valence-corrected chi connectivity index (χ0v) is 17.9. The molecule has 2 aromatic carbocycles. The number of nitrogens with one attached hydrogen (secondary N) is 1. The topological polar surface area (TPSA) is 84.9 Å². The van der Waals surface area contributed by atoms with Crippen molar-refractivity contribution < 1.29 is 23.9 Å². The summed E-state index contributed by atoms with van der Waals surface area (Å²) >= 11 is 0. The van der Waals surface area contributed by atoms with Gasteiger partial charge in [0.25, 0.3) is 11.8 Å². The Morgan fingerprint density at radius 2 is 1.77 bits per heavy atom. The molecule has 0 spiro atoms. The summed E-state index contributed by atoms with van der Waals surface area (Å²) in [7, 11) is 3.04. The zero-order chi connectivity index (χ0) is 22.7. The fourth-order valence-electron chi connectivity index (χ4n) is 3.38. The van der Waals surface area contributed by atoms with Crippen LogP contribution in [0.3, 0.4) is 0 Å². The number of anilines is 1. The maximum absolute atomic E-state index is 13.1.